The molecule has 0 spiro atoms. The van der Waals surface area contributed by atoms with Crippen LogP contribution in [0.25, 0.3) is 11.1 Å². The molecular formula is C11H5Cl3FN. The summed E-state index contributed by atoms with van der Waals surface area (Å²) in [5.41, 5.74) is 1.05. The van der Waals surface area contributed by atoms with E-state index in [9.17, 15) is 4.39 Å². The van der Waals surface area contributed by atoms with Crippen molar-refractivity contribution in [2.24, 2.45) is 0 Å². The van der Waals surface area contributed by atoms with E-state index in [1.165, 1.54) is 12.3 Å². The van der Waals surface area contributed by atoms with Crippen molar-refractivity contribution in [2.75, 3.05) is 0 Å². The molecule has 1 aromatic heterocycles. The van der Waals surface area contributed by atoms with Crippen LogP contribution in [-0.2, 0) is 0 Å². The van der Waals surface area contributed by atoms with Crippen LogP contribution in [0.5, 0.6) is 0 Å². The van der Waals surface area contributed by atoms with Gasteiger partial charge < -0.3 is 0 Å². The van der Waals surface area contributed by atoms with Gasteiger partial charge in [0, 0.05) is 27.4 Å². The molecular weight excluding hydrogens is 271 g/mol. The number of nitrogens with zero attached hydrogens (tertiary/aromatic N) is 1. The number of rotatable bonds is 1. The monoisotopic (exact) mass is 275 g/mol. The Balaban J connectivity index is 2.63. The highest BCUT2D eigenvalue weighted by atomic mass is 35.5. The van der Waals surface area contributed by atoms with Gasteiger partial charge in [-0.05, 0) is 18.2 Å². The molecule has 1 heterocycles. The van der Waals surface area contributed by atoms with Gasteiger partial charge in [0.25, 0.3) is 0 Å². The number of halogens is 4. The fourth-order valence-corrected chi connectivity index (χ4v) is 2.05. The Morgan fingerprint density at radius 3 is 2.25 bits per heavy atom. The predicted octanol–water partition coefficient (Wildman–Crippen LogP) is 4.85. The van der Waals surface area contributed by atoms with E-state index in [4.69, 9.17) is 34.8 Å². The summed E-state index contributed by atoms with van der Waals surface area (Å²) in [5.74, 6) is -0.602. The van der Waals surface area contributed by atoms with Crippen LogP contribution in [0.15, 0.2) is 30.5 Å². The van der Waals surface area contributed by atoms with E-state index < -0.39 is 5.82 Å². The molecule has 0 fully saturated rings. The molecule has 0 atom stereocenters. The van der Waals surface area contributed by atoms with Crippen molar-refractivity contribution < 1.29 is 4.39 Å². The van der Waals surface area contributed by atoms with Crippen molar-refractivity contribution >= 4 is 34.8 Å². The summed E-state index contributed by atoms with van der Waals surface area (Å²) in [6, 6.07) is 6.32. The lowest BCUT2D eigenvalue weighted by molar-refractivity contribution is 0.622. The first-order chi connectivity index (χ1) is 7.59. The van der Waals surface area contributed by atoms with Crippen molar-refractivity contribution in [3.8, 4) is 11.1 Å². The van der Waals surface area contributed by atoms with Crippen molar-refractivity contribution in [2.45, 2.75) is 0 Å². The molecule has 16 heavy (non-hydrogen) atoms. The molecule has 2 rings (SSSR count). The van der Waals surface area contributed by atoms with Crippen LogP contribution >= 0.6 is 34.8 Å². The molecule has 0 saturated carbocycles. The van der Waals surface area contributed by atoms with Crippen molar-refractivity contribution in [3.63, 3.8) is 0 Å². The topological polar surface area (TPSA) is 12.9 Å². The molecule has 5 heteroatoms. The maximum absolute atomic E-state index is 13.2. The van der Waals surface area contributed by atoms with Crippen LogP contribution in [-0.4, -0.2) is 4.98 Å². The molecule has 0 aliphatic rings. The maximum Gasteiger partial charge on any atom is 0.164 e. The minimum absolute atomic E-state index is 0.174. The number of pyridine rings is 1. The van der Waals surface area contributed by atoms with Gasteiger partial charge in [-0.2, -0.15) is 0 Å². The Labute approximate surface area is 107 Å². The maximum atomic E-state index is 13.2. The van der Waals surface area contributed by atoms with Crippen LogP contribution in [0.1, 0.15) is 0 Å². The first-order valence-corrected chi connectivity index (χ1v) is 5.48. The summed E-state index contributed by atoms with van der Waals surface area (Å²) in [6.45, 7) is 0. The Morgan fingerprint density at radius 2 is 1.69 bits per heavy atom. The van der Waals surface area contributed by atoms with Crippen molar-refractivity contribution in [1.82, 2.24) is 4.98 Å². The van der Waals surface area contributed by atoms with E-state index in [2.05, 4.69) is 4.98 Å². The molecule has 0 N–H and O–H groups in total. The van der Waals surface area contributed by atoms with Crippen LogP contribution in [0.2, 0.25) is 15.2 Å². The first-order valence-electron chi connectivity index (χ1n) is 4.35. The van der Waals surface area contributed by atoms with Crippen LogP contribution < -0.4 is 0 Å². The van der Waals surface area contributed by atoms with Crippen molar-refractivity contribution in [3.05, 3.63) is 51.5 Å². The number of hydrogen-bond donors (Lipinski definition) is 0. The number of benzene rings is 1. The standard InChI is InChI=1S/C11H5Cl3FN/c12-7-2-1-3-8(13)10(7)6-4-9(15)11(14)16-5-6/h1-5H. The van der Waals surface area contributed by atoms with Gasteiger partial charge in [0.2, 0.25) is 0 Å². The lowest BCUT2D eigenvalue weighted by Crippen LogP contribution is -1.87. The number of aromatic nitrogens is 1. The van der Waals surface area contributed by atoms with Crippen LogP contribution in [0, 0.1) is 5.82 Å². The SMILES string of the molecule is Fc1cc(-c2c(Cl)cccc2Cl)cnc1Cl. The van der Waals surface area contributed by atoms with Gasteiger partial charge in [0.1, 0.15) is 0 Å². The molecule has 2 aromatic rings. The Kier molecular flexibility index (Phi) is 3.33. The van der Waals surface area contributed by atoms with Gasteiger partial charge >= 0.3 is 0 Å². The summed E-state index contributed by atoms with van der Waals surface area (Å²) < 4.78 is 13.2. The van der Waals surface area contributed by atoms with Gasteiger partial charge in [0.15, 0.2) is 11.0 Å². The van der Waals surface area contributed by atoms with E-state index >= 15 is 0 Å². The second-order valence-corrected chi connectivity index (χ2v) is 4.27. The first kappa shape index (κ1) is 11.6. The second-order valence-electron chi connectivity index (χ2n) is 3.09. The summed E-state index contributed by atoms with van der Waals surface area (Å²) in [4.78, 5) is 3.71. The van der Waals surface area contributed by atoms with Crippen molar-refractivity contribution in [1.29, 1.82) is 0 Å². The van der Waals surface area contributed by atoms with Gasteiger partial charge in [0.05, 0.1) is 0 Å². The van der Waals surface area contributed by atoms with E-state index in [-0.39, 0.29) is 5.15 Å². The smallest absolute Gasteiger partial charge is 0.164 e. The molecule has 0 saturated heterocycles. The minimum Gasteiger partial charge on any atom is -0.241 e. The molecule has 0 aliphatic heterocycles. The summed E-state index contributed by atoms with van der Waals surface area (Å²) >= 11 is 17.5. The molecule has 82 valence electrons. The largest absolute Gasteiger partial charge is 0.241 e. The molecule has 1 aromatic carbocycles. The van der Waals surface area contributed by atoms with Crippen LogP contribution in [0.4, 0.5) is 4.39 Å². The fraction of sp³-hybridized carbons (Fsp3) is 0. The Bertz CT molecular complexity index is 522. The second kappa shape index (κ2) is 4.58. The molecule has 0 aliphatic carbocycles. The highest BCUT2D eigenvalue weighted by molar-refractivity contribution is 6.39. The zero-order valence-electron chi connectivity index (χ0n) is 7.85. The highest BCUT2D eigenvalue weighted by Crippen LogP contribution is 2.34. The van der Waals surface area contributed by atoms with Gasteiger partial charge in [-0.25, -0.2) is 9.37 Å². The Hall–Kier alpha value is -0.830. The third-order valence-electron chi connectivity index (χ3n) is 2.05. The quantitative estimate of drug-likeness (QED) is 0.679. The fourth-order valence-electron chi connectivity index (χ4n) is 1.33. The normalized spacial score (nSPS) is 10.5. The molecule has 0 unspecified atom stereocenters. The van der Waals surface area contributed by atoms with Gasteiger partial charge in [-0.1, -0.05) is 40.9 Å². The number of hydrogen-bond acceptors (Lipinski definition) is 1. The third kappa shape index (κ3) is 2.14. The lowest BCUT2D eigenvalue weighted by atomic mass is 10.1. The lowest BCUT2D eigenvalue weighted by Gasteiger charge is -2.06. The van der Waals surface area contributed by atoms with Crippen LogP contribution in [0.3, 0.4) is 0 Å². The molecule has 0 amide bonds. The van der Waals surface area contributed by atoms with Gasteiger partial charge in [-0.3, -0.25) is 0 Å². The molecule has 0 bridgehead atoms. The average Bonchev–Trinajstić information content (AvgIpc) is 2.23. The highest BCUT2D eigenvalue weighted by Gasteiger charge is 2.10. The minimum atomic E-state index is -0.602. The van der Waals surface area contributed by atoms with E-state index in [1.807, 2.05) is 0 Å². The molecule has 1 nitrogen and oxygen atoms in total. The summed E-state index contributed by atoms with van der Waals surface area (Å²) in [7, 11) is 0. The summed E-state index contributed by atoms with van der Waals surface area (Å²) in [5, 5.41) is 0.707. The zero-order chi connectivity index (χ0) is 11.7. The average molecular weight is 277 g/mol. The predicted molar refractivity (Wildman–Crippen MR) is 64.7 cm³/mol. The third-order valence-corrected chi connectivity index (χ3v) is 2.96. The van der Waals surface area contributed by atoms with E-state index in [1.54, 1.807) is 18.2 Å². The molecule has 0 radical (unpaired) electrons. The zero-order valence-corrected chi connectivity index (χ0v) is 10.1. The Morgan fingerprint density at radius 1 is 1.06 bits per heavy atom. The van der Waals surface area contributed by atoms with E-state index in [0.717, 1.165) is 0 Å². The van der Waals surface area contributed by atoms with E-state index in [0.29, 0.717) is 21.2 Å². The summed E-state index contributed by atoms with van der Waals surface area (Å²) in [6.07, 6.45) is 1.43. The van der Waals surface area contributed by atoms with Gasteiger partial charge in [-0.15, -0.1) is 0 Å².